The molecule has 0 bridgehead atoms. The van der Waals surface area contributed by atoms with Gasteiger partial charge in [-0.15, -0.1) is 0 Å². The summed E-state index contributed by atoms with van der Waals surface area (Å²) in [6.07, 6.45) is 1.01. The Kier molecular flexibility index (Phi) is 5.44. The van der Waals surface area contributed by atoms with Gasteiger partial charge in [0, 0.05) is 18.2 Å². The predicted octanol–water partition coefficient (Wildman–Crippen LogP) is 2.24. The van der Waals surface area contributed by atoms with Crippen LogP contribution in [0.1, 0.15) is 37.0 Å². The predicted molar refractivity (Wildman–Crippen MR) is 99.2 cm³/mol. The van der Waals surface area contributed by atoms with Crippen LogP contribution in [-0.2, 0) is 9.59 Å². The van der Waals surface area contributed by atoms with E-state index in [1.54, 1.807) is 17.0 Å². The molecule has 0 saturated carbocycles. The Hall–Kier alpha value is -1.79. The van der Waals surface area contributed by atoms with Crippen LogP contribution in [0.2, 0.25) is 10.0 Å². The topological polar surface area (TPSA) is 78.5 Å². The van der Waals surface area contributed by atoms with Gasteiger partial charge in [0.25, 0.3) is 5.91 Å². The Bertz CT molecular complexity index is 753. The lowest BCUT2D eigenvalue weighted by Gasteiger charge is -2.35. The number of fused-ring (bicyclic) bond motifs is 1. The quantitative estimate of drug-likeness (QED) is 0.817. The van der Waals surface area contributed by atoms with E-state index < -0.39 is 12.1 Å². The van der Waals surface area contributed by atoms with E-state index in [-0.39, 0.29) is 23.8 Å². The molecule has 2 aliphatic heterocycles. The van der Waals surface area contributed by atoms with Crippen molar-refractivity contribution in [2.24, 2.45) is 5.92 Å². The van der Waals surface area contributed by atoms with Crippen molar-refractivity contribution < 1.29 is 14.4 Å². The average Bonchev–Trinajstić information content (AvgIpc) is 2.99. The van der Waals surface area contributed by atoms with Crippen molar-refractivity contribution in [2.45, 2.75) is 44.8 Å². The number of carbonyl (C=O) groups excluding carboxylic acids is 3. The summed E-state index contributed by atoms with van der Waals surface area (Å²) < 4.78 is 0. The van der Waals surface area contributed by atoms with Gasteiger partial charge in [-0.3, -0.25) is 14.4 Å². The minimum atomic E-state index is -0.523. The standard InChI is InChI=1S/C18H21Cl2N3O3/c1-9(2)5-14-18(26)23-8-11(7-15(23)17(25)22-14)21-16(24)10-3-4-12(19)13(20)6-10/h3-4,6,9,11,14-15H,5,7-8H2,1-2H3,(H,21,24)(H,22,25)/t11-,14-,15-/m0/s1. The van der Waals surface area contributed by atoms with Gasteiger partial charge in [0.05, 0.1) is 10.0 Å². The minimum Gasteiger partial charge on any atom is -0.347 e. The molecule has 3 rings (SSSR count). The molecule has 0 aliphatic carbocycles. The molecule has 0 aromatic heterocycles. The lowest BCUT2D eigenvalue weighted by atomic mass is 9.99. The van der Waals surface area contributed by atoms with Gasteiger partial charge in [0.15, 0.2) is 0 Å². The number of nitrogens with zero attached hydrogens (tertiary/aromatic N) is 1. The summed E-state index contributed by atoms with van der Waals surface area (Å²) in [5, 5.41) is 6.37. The fraction of sp³-hybridized carbons (Fsp3) is 0.500. The third-order valence-corrected chi connectivity index (χ3v) is 5.46. The first kappa shape index (κ1) is 19.0. The Morgan fingerprint density at radius 2 is 2.04 bits per heavy atom. The molecule has 6 nitrogen and oxygen atoms in total. The van der Waals surface area contributed by atoms with Gasteiger partial charge in [0.1, 0.15) is 12.1 Å². The number of halogens is 2. The van der Waals surface area contributed by atoms with E-state index in [9.17, 15) is 14.4 Å². The van der Waals surface area contributed by atoms with Gasteiger partial charge in [-0.25, -0.2) is 0 Å². The second-order valence-electron chi connectivity index (χ2n) is 7.23. The van der Waals surface area contributed by atoms with Crippen LogP contribution in [0, 0.1) is 5.92 Å². The van der Waals surface area contributed by atoms with E-state index >= 15 is 0 Å². The van der Waals surface area contributed by atoms with Gasteiger partial charge in [-0.2, -0.15) is 0 Å². The molecule has 3 amide bonds. The lowest BCUT2D eigenvalue weighted by molar-refractivity contribution is -0.147. The molecule has 2 saturated heterocycles. The number of benzene rings is 1. The maximum atomic E-state index is 12.6. The maximum Gasteiger partial charge on any atom is 0.251 e. The summed E-state index contributed by atoms with van der Waals surface area (Å²) in [6, 6.07) is 3.35. The van der Waals surface area contributed by atoms with Crippen molar-refractivity contribution >= 4 is 40.9 Å². The first-order valence-corrected chi connectivity index (χ1v) is 9.38. The molecule has 26 heavy (non-hydrogen) atoms. The van der Waals surface area contributed by atoms with Crippen LogP contribution in [0.3, 0.4) is 0 Å². The lowest BCUT2D eigenvalue weighted by Crippen LogP contribution is -2.61. The van der Waals surface area contributed by atoms with E-state index in [0.29, 0.717) is 40.9 Å². The summed E-state index contributed by atoms with van der Waals surface area (Å²) in [4.78, 5) is 39.0. The second kappa shape index (κ2) is 7.45. The average molecular weight is 398 g/mol. The fourth-order valence-electron chi connectivity index (χ4n) is 3.50. The Labute approximate surface area is 162 Å². The van der Waals surface area contributed by atoms with Crippen molar-refractivity contribution in [1.29, 1.82) is 0 Å². The highest BCUT2D eigenvalue weighted by Crippen LogP contribution is 2.26. The molecule has 1 aromatic rings. The molecular formula is C18H21Cl2N3O3. The molecule has 2 aliphatic rings. The van der Waals surface area contributed by atoms with Gasteiger partial charge in [-0.05, 0) is 37.0 Å². The molecular weight excluding hydrogens is 377 g/mol. The number of nitrogens with one attached hydrogen (secondary N) is 2. The Morgan fingerprint density at radius 3 is 2.69 bits per heavy atom. The van der Waals surface area contributed by atoms with Crippen LogP contribution < -0.4 is 10.6 Å². The number of rotatable bonds is 4. The van der Waals surface area contributed by atoms with Gasteiger partial charge < -0.3 is 15.5 Å². The monoisotopic (exact) mass is 397 g/mol. The van der Waals surface area contributed by atoms with Crippen LogP contribution in [0.4, 0.5) is 0 Å². The highest BCUT2D eigenvalue weighted by Gasteiger charge is 2.46. The first-order chi connectivity index (χ1) is 12.3. The van der Waals surface area contributed by atoms with Gasteiger partial charge >= 0.3 is 0 Å². The van der Waals surface area contributed by atoms with Crippen LogP contribution >= 0.6 is 23.2 Å². The van der Waals surface area contributed by atoms with Crippen molar-refractivity contribution in [2.75, 3.05) is 6.54 Å². The van der Waals surface area contributed by atoms with Crippen molar-refractivity contribution in [3.05, 3.63) is 33.8 Å². The molecule has 2 fully saturated rings. The Morgan fingerprint density at radius 1 is 1.31 bits per heavy atom. The van der Waals surface area contributed by atoms with Crippen LogP contribution in [0.25, 0.3) is 0 Å². The van der Waals surface area contributed by atoms with E-state index in [4.69, 9.17) is 23.2 Å². The molecule has 0 spiro atoms. The van der Waals surface area contributed by atoms with Gasteiger partial charge in [-0.1, -0.05) is 37.0 Å². The molecule has 0 unspecified atom stereocenters. The second-order valence-corrected chi connectivity index (χ2v) is 8.05. The van der Waals surface area contributed by atoms with Crippen LogP contribution in [-0.4, -0.2) is 47.3 Å². The minimum absolute atomic E-state index is 0.0745. The maximum absolute atomic E-state index is 12.6. The van der Waals surface area contributed by atoms with E-state index in [1.807, 2.05) is 13.8 Å². The number of amides is 3. The van der Waals surface area contributed by atoms with E-state index in [2.05, 4.69) is 10.6 Å². The highest BCUT2D eigenvalue weighted by atomic mass is 35.5. The summed E-state index contributed by atoms with van der Waals surface area (Å²) in [5.41, 5.74) is 0.387. The van der Waals surface area contributed by atoms with Crippen LogP contribution in [0.5, 0.6) is 0 Å². The molecule has 8 heteroatoms. The molecule has 3 atom stereocenters. The number of piperazine rings is 1. The van der Waals surface area contributed by atoms with E-state index in [1.165, 1.54) is 6.07 Å². The number of hydrogen-bond donors (Lipinski definition) is 2. The smallest absolute Gasteiger partial charge is 0.251 e. The molecule has 0 radical (unpaired) electrons. The Balaban J connectivity index is 1.67. The first-order valence-electron chi connectivity index (χ1n) is 8.63. The SMILES string of the molecule is CC(C)C[C@@H]1NC(=O)[C@@H]2C[C@H](NC(=O)c3ccc(Cl)c(Cl)c3)CN2C1=O. The van der Waals surface area contributed by atoms with Crippen molar-refractivity contribution in [1.82, 2.24) is 15.5 Å². The third-order valence-electron chi connectivity index (χ3n) is 4.73. The zero-order valence-electron chi connectivity index (χ0n) is 14.6. The molecule has 1 aromatic carbocycles. The summed E-state index contributed by atoms with van der Waals surface area (Å²) in [6.45, 7) is 4.35. The largest absolute Gasteiger partial charge is 0.347 e. The zero-order valence-corrected chi connectivity index (χ0v) is 16.1. The number of hydrogen-bond acceptors (Lipinski definition) is 3. The zero-order chi connectivity index (χ0) is 19.0. The summed E-state index contributed by atoms with van der Waals surface area (Å²) >= 11 is 11.8. The summed E-state index contributed by atoms with van der Waals surface area (Å²) in [5.74, 6) is -0.232. The highest BCUT2D eigenvalue weighted by molar-refractivity contribution is 6.42. The normalized spacial score (nSPS) is 25.3. The number of carbonyl (C=O) groups is 3. The molecule has 2 heterocycles. The molecule has 140 valence electrons. The van der Waals surface area contributed by atoms with Crippen molar-refractivity contribution in [3.8, 4) is 0 Å². The third kappa shape index (κ3) is 3.81. The van der Waals surface area contributed by atoms with E-state index in [0.717, 1.165) is 0 Å². The van der Waals surface area contributed by atoms with Gasteiger partial charge in [0.2, 0.25) is 11.8 Å². The molecule has 2 N–H and O–H groups in total. The fourth-order valence-corrected chi connectivity index (χ4v) is 3.80. The van der Waals surface area contributed by atoms with Crippen molar-refractivity contribution in [3.63, 3.8) is 0 Å². The van der Waals surface area contributed by atoms with Crippen LogP contribution in [0.15, 0.2) is 18.2 Å². The summed E-state index contributed by atoms with van der Waals surface area (Å²) in [7, 11) is 0.